The van der Waals surface area contributed by atoms with E-state index >= 15 is 0 Å². The SMILES string of the molecule is CCCCN1C(=O)CC(C(=O)NCC(=O)Nc2ccccc2CC)C1c1ccc(OC)cc1. The van der Waals surface area contributed by atoms with Gasteiger partial charge < -0.3 is 20.3 Å². The van der Waals surface area contributed by atoms with Crippen LogP contribution in [-0.4, -0.2) is 42.8 Å². The van der Waals surface area contributed by atoms with Gasteiger partial charge >= 0.3 is 0 Å². The Hall–Kier alpha value is -3.35. The molecule has 176 valence electrons. The molecule has 1 aliphatic rings. The summed E-state index contributed by atoms with van der Waals surface area (Å²) in [4.78, 5) is 40.2. The van der Waals surface area contributed by atoms with E-state index in [0.717, 1.165) is 36.1 Å². The highest BCUT2D eigenvalue weighted by molar-refractivity contribution is 5.96. The molecule has 1 aliphatic heterocycles. The van der Waals surface area contributed by atoms with Crippen molar-refractivity contribution in [3.05, 3.63) is 59.7 Å². The van der Waals surface area contributed by atoms with Crippen LogP contribution in [0.2, 0.25) is 0 Å². The molecule has 7 nitrogen and oxygen atoms in total. The fourth-order valence-corrected chi connectivity index (χ4v) is 4.27. The number of nitrogens with one attached hydrogen (secondary N) is 2. The number of likely N-dealkylation sites (tertiary alicyclic amines) is 1. The quantitative estimate of drug-likeness (QED) is 0.577. The Morgan fingerprint density at radius 1 is 1.09 bits per heavy atom. The summed E-state index contributed by atoms with van der Waals surface area (Å²) in [7, 11) is 1.60. The molecule has 0 aliphatic carbocycles. The second-order valence-electron chi connectivity index (χ2n) is 8.25. The van der Waals surface area contributed by atoms with Crippen LogP contribution in [0.1, 0.15) is 50.3 Å². The number of hydrogen-bond acceptors (Lipinski definition) is 4. The third kappa shape index (κ3) is 5.92. The van der Waals surface area contributed by atoms with Crippen LogP contribution in [-0.2, 0) is 20.8 Å². The third-order valence-electron chi connectivity index (χ3n) is 6.07. The summed E-state index contributed by atoms with van der Waals surface area (Å²) in [6, 6.07) is 14.7. The average molecular weight is 452 g/mol. The predicted octanol–water partition coefficient (Wildman–Crippen LogP) is 3.70. The smallest absolute Gasteiger partial charge is 0.243 e. The van der Waals surface area contributed by atoms with E-state index in [1.165, 1.54) is 0 Å². The molecule has 0 radical (unpaired) electrons. The zero-order chi connectivity index (χ0) is 23.8. The van der Waals surface area contributed by atoms with Crippen LogP contribution in [0.5, 0.6) is 5.75 Å². The molecule has 3 amide bonds. The predicted molar refractivity (Wildman–Crippen MR) is 128 cm³/mol. The van der Waals surface area contributed by atoms with Gasteiger partial charge in [-0.25, -0.2) is 0 Å². The van der Waals surface area contributed by atoms with Gasteiger partial charge in [-0.05, 0) is 42.2 Å². The number of aryl methyl sites for hydroxylation is 1. The van der Waals surface area contributed by atoms with Crippen molar-refractivity contribution in [2.24, 2.45) is 5.92 Å². The number of unbranched alkanes of at least 4 members (excludes halogenated alkanes) is 1. The van der Waals surface area contributed by atoms with Crippen LogP contribution in [0, 0.1) is 5.92 Å². The zero-order valence-corrected chi connectivity index (χ0v) is 19.6. The Kier molecular flexibility index (Phi) is 8.46. The van der Waals surface area contributed by atoms with E-state index in [1.54, 1.807) is 12.0 Å². The number of hydrogen-bond donors (Lipinski definition) is 2. The molecule has 2 aromatic carbocycles. The maximum atomic E-state index is 13.1. The summed E-state index contributed by atoms with van der Waals surface area (Å²) in [6.07, 6.45) is 2.75. The molecule has 0 spiro atoms. The highest BCUT2D eigenvalue weighted by Crippen LogP contribution is 2.39. The molecular formula is C26H33N3O4. The summed E-state index contributed by atoms with van der Waals surface area (Å²) in [5.41, 5.74) is 2.67. The second-order valence-corrected chi connectivity index (χ2v) is 8.25. The van der Waals surface area contributed by atoms with Gasteiger partial charge in [-0.3, -0.25) is 14.4 Å². The molecule has 0 saturated carbocycles. The summed E-state index contributed by atoms with van der Waals surface area (Å²) in [6.45, 7) is 4.55. The van der Waals surface area contributed by atoms with Crippen molar-refractivity contribution in [3.8, 4) is 5.75 Å². The van der Waals surface area contributed by atoms with Gasteiger partial charge in [0.2, 0.25) is 17.7 Å². The third-order valence-corrected chi connectivity index (χ3v) is 6.07. The molecule has 2 N–H and O–H groups in total. The molecule has 2 unspecified atom stereocenters. The van der Waals surface area contributed by atoms with Crippen molar-refractivity contribution in [3.63, 3.8) is 0 Å². The van der Waals surface area contributed by atoms with Crippen LogP contribution in [0.3, 0.4) is 0 Å². The van der Waals surface area contributed by atoms with Gasteiger partial charge in [0, 0.05) is 18.7 Å². The number of carbonyl (C=O) groups is 3. The van der Waals surface area contributed by atoms with Crippen molar-refractivity contribution < 1.29 is 19.1 Å². The first kappa shape index (κ1) is 24.3. The van der Waals surface area contributed by atoms with Gasteiger partial charge in [0.25, 0.3) is 0 Å². The van der Waals surface area contributed by atoms with Crippen LogP contribution < -0.4 is 15.4 Å². The molecule has 3 rings (SSSR count). The monoisotopic (exact) mass is 451 g/mol. The lowest BCUT2D eigenvalue weighted by Gasteiger charge is -2.28. The second kappa shape index (κ2) is 11.5. The number of carbonyl (C=O) groups excluding carboxylic acids is 3. The summed E-state index contributed by atoms with van der Waals surface area (Å²) in [5.74, 6) is -0.461. The number of ether oxygens (including phenoxy) is 1. The highest BCUT2D eigenvalue weighted by atomic mass is 16.5. The van der Waals surface area contributed by atoms with E-state index < -0.39 is 5.92 Å². The number of rotatable bonds is 10. The number of amides is 3. The standard InChI is InChI=1S/C26H33N3O4/c1-4-6-15-29-24(31)16-21(25(29)19-11-13-20(33-3)14-12-19)26(32)27-17-23(30)28-22-10-8-7-9-18(22)5-2/h7-14,21,25H,4-6,15-17H2,1-3H3,(H,27,32)(H,28,30). The first-order valence-corrected chi connectivity index (χ1v) is 11.6. The van der Waals surface area contributed by atoms with Crippen molar-refractivity contribution in [1.29, 1.82) is 0 Å². The van der Waals surface area contributed by atoms with Crippen LogP contribution >= 0.6 is 0 Å². The van der Waals surface area contributed by atoms with Gasteiger partial charge in [-0.15, -0.1) is 0 Å². The van der Waals surface area contributed by atoms with Crippen molar-refractivity contribution in [2.45, 2.75) is 45.6 Å². The Morgan fingerprint density at radius 3 is 2.48 bits per heavy atom. The topological polar surface area (TPSA) is 87.7 Å². The maximum Gasteiger partial charge on any atom is 0.243 e. The fourth-order valence-electron chi connectivity index (χ4n) is 4.27. The average Bonchev–Trinajstić information content (AvgIpc) is 3.17. The molecule has 1 fully saturated rings. The Bertz CT molecular complexity index is 974. The minimum Gasteiger partial charge on any atom is -0.497 e. The lowest BCUT2D eigenvalue weighted by atomic mass is 9.92. The molecule has 2 atom stereocenters. The summed E-state index contributed by atoms with van der Waals surface area (Å²) < 4.78 is 5.24. The first-order valence-electron chi connectivity index (χ1n) is 11.6. The van der Waals surface area contributed by atoms with E-state index in [4.69, 9.17) is 4.74 Å². The Balaban J connectivity index is 1.71. The number of para-hydroxylation sites is 1. The fraction of sp³-hybridized carbons (Fsp3) is 0.423. The molecular weight excluding hydrogens is 418 g/mol. The molecule has 2 aromatic rings. The molecule has 1 saturated heterocycles. The van der Waals surface area contributed by atoms with E-state index in [-0.39, 0.29) is 36.7 Å². The molecule has 33 heavy (non-hydrogen) atoms. The van der Waals surface area contributed by atoms with E-state index in [0.29, 0.717) is 12.3 Å². The van der Waals surface area contributed by atoms with Crippen molar-refractivity contribution in [2.75, 3.05) is 25.5 Å². The maximum absolute atomic E-state index is 13.1. The van der Waals surface area contributed by atoms with Crippen molar-refractivity contribution >= 4 is 23.4 Å². The van der Waals surface area contributed by atoms with E-state index in [9.17, 15) is 14.4 Å². The van der Waals surface area contributed by atoms with Crippen molar-refractivity contribution in [1.82, 2.24) is 10.2 Å². The molecule has 7 heteroatoms. The minimum atomic E-state index is -0.557. The molecule has 1 heterocycles. The Morgan fingerprint density at radius 2 is 1.82 bits per heavy atom. The lowest BCUT2D eigenvalue weighted by Crippen LogP contribution is -2.39. The number of nitrogens with zero attached hydrogens (tertiary/aromatic N) is 1. The highest BCUT2D eigenvalue weighted by Gasteiger charge is 2.44. The largest absolute Gasteiger partial charge is 0.497 e. The van der Waals surface area contributed by atoms with Gasteiger partial charge in [-0.1, -0.05) is 50.6 Å². The summed E-state index contributed by atoms with van der Waals surface area (Å²) >= 11 is 0. The first-order chi connectivity index (χ1) is 16.0. The van der Waals surface area contributed by atoms with E-state index in [2.05, 4.69) is 17.6 Å². The zero-order valence-electron chi connectivity index (χ0n) is 19.6. The molecule has 0 bridgehead atoms. The molecule has 0 aromatic heterocycles. The van der Waals surface area contributed by atoms with E-state index in [1.807, 2.05) is 55.5 Å². The van der Waals surface area contributed by atoms with Gasteiger partial charge in [-0.2, -0.15) is 0 Å². The minimum absolute atomic E-state index is 0.0363. The number of benzene rings is 2. The number of anilines is 1. The van der Waals surface area contributed by atoms with Crippen LogP contribution in [0.15, 0.2) is 48.5 Å². The lowest BCUT2D eigenvalue weighted by molar-refractivity contribution is -0.129. The normalized spacial score (nSPS) is 17.7. The van der Waals surface area contributed by atoms with Crippen LogP contribution in [0.25, 0.3) is 0 Å². The Labute approximate surface area is 195 Å². The van der Waals surface area contributed by atoms with Gasteiger partial charge in [0.1, 0.15) is 5.75 Å². The van der Waals surface area contributed by atoms with Gasteiger partial charge in [0.15, 0.2) is 0 Å². The summed E-state index contributed by atoms with van der Waals surface area (Å²) in [5, 5.41) is 5.61. The van der Waals surface area contributed by atoms with Gasteiger partial charge in [0.05, 0.1) is 25.6 Å². The van der Waals surface area contributed by atoms with Crippen LogP contribution in [0.4, 0.5) is 5.69 Å². The number of methoxy groups -OCH3 is 1.